The van der Waals surface area contributed by atoms with Gasteiger partial charge in [-0.2, -0.15) is 0 Å². The number of piperazine rings is 1. The molecule has 1 aliphatic rings. The Morgan fingerprint density at radius 2 is 2.05 bits per heavy atom. The Balaban J connectivity index is 0.000000550. The van der Waals surface area contributed by atoms with Gasteiger partial charge in [0.15, 0.2) is 0 Å². The van der Waals surface area contributed by atoms with E-state index in [-0.39, 0.29) is 0 Å². The molecular formula is C14H27N3O2. The van der Waals surface area contributed by atoms with Gasteiger partial charge >= 0.3 is 0 Å². The zero-order chi connectivity index (χ0) is 13.8. The molecule has 2 rings (SSSR count). The lowest BCUT2D eigenvalue weighted by molar-refractivity contribution is 0.100. The third kappa shape index (κ3) is 7.97. The largest absolute Gasteiger partial charge is 0.380 e. The van der Waals surface area contributed by atoms with Crippen molar-refractivity contribution in [1.29, 1.82) is 0 Å². The maximum atomic E-state index is 5.57. The van der Waals surface area contributed by atoms with Crippen LogP contribution in [0.15, 0.2) is 16.9 Å². The van der Waals surface area contributed by atoms with Gasteiger partial charge in [0, 0.05) is 45.2 Å². The first-order valence-corrected chi connectivity index (χ1v) is 7.26. The molecule has 2 heterocycles. The summed E-state index contributed by atoms with van der Waals surface area (Å²) in [5, 5.41) is 7.16. The fourth-order valence-electron chi connectivity index (χ4n) is 1.77. The second-order valence-corrected chi connectivity index (χ2v) is 4.65. The summed E-state index contributed by atoms with van der Waals surface area (Å²) < 4.78 is 10.3. The quantitative estimate of drug-likeness (QED) is 0.794. The van der Waals surface area contributed by atoms with Gasteiger partial charge in [0.2, 0.25) is 0 Å². The summed E-state index contributed by atoms with van der Waals surface area (Å²) in [5.74, 6) is 0. The summed E-state index contributed by atoms with van der Waals surface area (Å²) in [6, 6.07) is 1.87. The maximum absolute atomic E-state index is 5.57. The molecule has 0 spiro atoms. The second kappa shape index (κ2) is 11.0. The Morgan fingerprint density at radius 1 is 1.32 bits per heavy atom. The first kappa shape index (κ1) is 16.1. The molecule has 1 aromatic heterocycles. The van der Waals surface area contributed by atoms with E-state index >= 15 is 0 Å². The Kier molecular flexibility index (Phi) is 9.32. The van der Waals surface area contributed by atoms with Gasteiger partial charge in [0.25, 0.3) is 0 Å². The van der Waals surface area contributed by atoms with Crippen LogP contribution < -0.4 is 5.32 Å². The Bertz CT molecular complexity index is 285. The molecule has 1 fully saturated rings. The summed E-state index contributed by atoms with van der Waals surface area (Å²) in [6.45, 7) is 11.3. The second-order valence-electron chi connectivity index (χ2n) is 4.65. The fraction of sp³-hybridized carbons (Fsp3) is 0.786. The molecule has 0 bridgehead atoms. The molecule has 1 saturated heterocycles. The molecule has 5 heteroatoms. The highest BCUT2D eigenvalue weighted by Gasteiger charge is 2.08. The minimum absolute atomic E-state index is 0.721. The van der Waals surface area contributed by atoms with Gasteiger partial charge in [-0.15, -0.1) is 0 Å². The van der Waals surface area contributed by atoms with E-state index < -0.39 is 0 Å². The van der Waals surface area contributed by atoms with E-state index in [1.165, 1.54) is 6.42 Å². The summed E-state index contributed by atoms with van der Waals surface area (Å²) in [5.41, 5.74) is 0.960. The molecule has 1 aromatic rings. The molecule has 0 aromatic carbocycles. The van der Waals surface area contributed by atoms with E-state index in [1.54, 1.807) is 6.26 Å². The first-order chi connectivity index (χ1) is 9.36. The van der Waals surface area contributed by atoms with Crippen LogP contribution in [0.5, 0.6) is 0 Å². The highest BCUT2D eigenvalue weighted by Crippen LogP contribution is 1.96. The minimum atomic E-state index is 0.721. The van der Waals surface area contributed by atoms with Gasteiger partial charge in [-0.3, -0.25) is 4.90 Å². The van der Waals surface area contributed by atoms with Gasteiger partial charge in [-0.25, -0.2) is 0 Å². The van der Waals surface area contributed by atoms with Gasteiger partial charge in [-0.1, -0.05) is 25.4 Å². The monoisotopic (exact) mass is 269 g/mol. The third-order valence-electron chi connectivity index (χ3n) is 2.76. The molecule has 5 nitrogen and oxygen atoms in total. The number of hydrogen-bond donors (Lipinski definition) is 1. The maximum Gasteiger partial charge on any atom is 0.124 e. The van der Waals surface area contributed by atoms with Gasteiger partial charge in [0.05, 0.1) is 18.9 Å². The lowest BCUT2D eigenvalue weighted by Crippen LogP contribution is -2.44. The van der Waals surface area contributed by atoms with E-state index in [0.29, 0.717) is 0 Å². The molecule has 0 atom stereocenters. The van der Waals surface area contributed by atoms with Crippen molar-refractivity contribution in [2.75, 3.05) is 45.9 Å². The molecule has 19 heavy (non-hydrogen) atoms. The number of aromatic nitrogens is 1. The van der Waals surface area contributed by atoms with Crippen LogP contribution in [0.2, 0.25) is 0 Å². The number of nitrogens with zero attached hydrogens (tertiary/aromatic N) is 2. The van der Waals surface area contributed by atoms with E-state index in [0.717, 1.165) is 58.1 Å². The van der Waals surface area contributed by atoms with Crippen molar-refractivity contribution in [3.63, 3.8) is 0 Å². The summed E-state index contributed by atoms with van der Waals surface area (Å²) in [7, 11) is 0. The highest BCUT2D eigenvalue weighted by molar-refractivity contribution is 4.94. The zero-order valence-corrected chi connectivity index (χ0v) is 12.2. The predicted molar refractivity (Wildman–Crippen MR) is 76.3 cm³/mol. The van der Waals surface area contributed by atoms with Crippen molar-refractivity contribution in [2.24, 2.45) is 0 Å². The normalized spacial score (nSPS) is 15.9. The summed E-state index contributed by atoms with van der Waals surface area (Å²) >= 11 is 0. The lowest BCUT2D eigenvalue weighted by atomic mass is 10.3. The molecule has 0 saturated carbocycles. The predicted octanol–water partition coefficient (Wildman–Crippen LogP) is 1.56. The molecule has 0 radical (unpaired) electrons. The van der Waals surface area contributed by atoms with Crippen LogP contribution in [0.25, 0.3) is 0 Å². The van der Waals surface area contributed by atoms with E-state index in [1.807, 2.05) is 6.07 Å². The molecule has 0 amide bonds. The van der Waals surface area contributed by atoms with Crippen molar-refractivity contribution in [3.8, 4) is 0 Å². The summed E-state index contributed by atoms with van der Waals surface area (Å²) in [4.78, 5) is 2.42. The van der Waals surface area contributed by atoms with Crippen molar-refractivity contribution < 1.29 is 9.26 Å². The van der Waals surface area contributed by atoms with E-state index in [2.05, 4.69) is 29.2 Å². The van der Waals surface area contributed by atoms with Crippen molar-refractivity contribution in [2.45, 2.75) is 26.7 Å². The van der Waals surface area contributed by atoms with Crippen LogP contribution in [0.1, 0.15) is 26.0 Å². The Labute approximate surface area is 116 Å². The van der Waals surface area contributed by atoms with Crippen molar-refractivity contribution in [1.82, 2.24) is 15.4 Å². The first-order valence-electron chi connectivity index (χ1n) is 7.26. The van der Waals surface area contributed by atoms with Crippen LogP contribution >= 0.6 is 0 Å². The molecule has 0 unspecified atom stereocenters. The van der Waals surface area contributed by atoms with Crippen molar-refractivity contribution >= 4 is 0 Å². The third-order valence-corrected chi connectivity index (χ3v) is 2.76. The van der Waals surface area contributed by atoms with Crippen LogP contribution in [0.3, 0.4) is 0 Å². The molecule has 0 aliphatic carbocycles. The van der Waals surface area contributed by atoms with Gasteiger partial charge in [-0.05, 0) is 0 Å². The molecule has 1 N–H and O–H groups in total. The Morgan fingerprint density at radius 3 is 2.68 bits per heavy atom. The lowest BCUT2D eigenvalue weighted by Gasteiger charge is -2.26. The number of hydrogen-bond acceptors (Lipinski definition) is 5. The van der Waals surface area contributed by atoms with Crippen LogP contribution in [-0.4, -0.2) is 56.0 Å². The minimum Gasteiger partial charge on any atom is -0.380 e. The average molecular weight is 269 g/mol. The number of nitrogens with one attached hydrogen (secondary N) is 1. The summed E-state index contributed by atoms with van der Waals surface area (Å²) in [6.07, 6.45) is 3.67. The fourth-order valence-corrected chi connectivity index (χ4v) is 1.77. The molecule has 1 aliphatic heterocycles. The Hall–Kier alpha value is -0.910. The van der Waals surface area contributed by atoms with Crippen molar-refractivity contribution in [3.05, 3.63) is 18.0 Å². The standard InChI is InChI=1S/C11H19N3O2.C3H8/c1(11-2-9-16-13-11)8-15-10-7-14-5-3-12-4-6-14;1-3-2/h2,9,12H,1,3-8,10H2;3H2,1-2H3. The number of rotatable bonds is 6. The topological polar surface area (TPSA) is 50.5 Å². The average Bonchev–Trinajstić information content (AvgIpc) is 2.94. The SMILES string of the molecule is CCC.c1cc(CCOCCN2CCNCC2)no1. The van der Waals surface area contributed by atoms with E-state index in [9.17, 15) is 0 Å². The zero-order valence-electron chi connectivity index (χ0n) is 12.2. The van der Waals surface area contributed by atoms with E-state index in [4.69, 9.17) is 9.26 Å². The smallest absolute Gasteiger partial charge is 0.124 e. The number of ether oxygens (including phenoxy) is 1. The van der Waals surface area contributed by atoms with Crippen LogP contribution in [0, 0.1) is 0 Å². The van der Waals surface area contributed by atoms with Crippen LogP contribution in [0.4, 0.5) is 0 Å². The molecular weight excluding hydrogens is 242 g/mol. The highest BCUT2D eigenvalue weighted by atomic mass is 16.5. The molecule has 110 valence electrons. The van der Waals surface area contributed by atoms with Crippen LogP contribution in [-0.2, 0) is 11.2 Å². The van der Waals surface area contributed by atoms with Gasteiger partial charge in [0.1, 0.15) is 6.26 Å². The van der Waals surface area contributed by atoms with Gasteiger partial charge < -0.3 is 14.6 Å².